The molecule has 108 valence electrons. The average molecular weight is 267 g/mol. The lowest BCUT2D eigenvalue weighted by atomic mass is 9.83. The minimum Gasteiger partial charge on any atom is -0.352 e. The van der Waals surface area contributed by atoms with Crippen LogP contribution in [0.2, 0.25) is 0 Å². The fraction of sp³-hybridized carbons (Fsp3) is 0.857. The minimum absolute atomic E-state index is 0.0198. The van der Waals surface area contributed by atoms with E-state index in [1.807, 2.05) is 4.90 Å². The lowest BCUT2D eigenvalue weighted by Crippen LogP contribution is -2.40. The third-order valence-corrected chi connectivity index (χ3v) is 4.35. The normalized spacial score (nSPS) is 31.3. The van der Waals surface area contributed by atoms with Crippen molar-refractivity contribution in [2.45, 2.75) is 57.5 Å². The Balaban J connectivity index is 1.79. The van der Waals surface area contributed by atoms with Crippen LogP contribution < -0.4 is 11.1 Å². The monoisotopic (exact) mass is 267 g/mol. The van der Waals surface area contributed by atoms with Gasteiger partial charge in [-0.15, -0.1) is 0 Å². The van der Waals surface area contributed by atoms with Crippen molar-refractivity contribution in [2.24, 2.45) is 11.7 Å². The summed E-state index contributed by atoms with van der Waals surface area (Å²) in [7, 11) is 0. The third-order valence-electron chi connectivity index (χ3n) is 4.35. The van der Waals surface area contributed by atoms with Crippen molar-refractivity contribution in [1.29, 1.82) is 0 Å². The van der Waals surface area contributed by atoms with Crippen LogP contribution in [-0.2, 0) is 9.59 Å². The summed E-state index contributed by atoms with van der Waals surface area (Å²) in [5.41, 5.74) is 6.09. The molecule has 1 heterocycles. The molecule has 0 spiro atoms. The van der Waals surface area contributed by atoms with E-state index >= 15 is 0 Å². The first-order valence-corrected chi connectivity index (χ1v) is 7.36. The molecule has 3 atom stereocenters. The molecule has 1 saturated carbocycles. The zero-order chi connectivity index (χ0) is 13.8. The number of carbonyl (C=O) groups is 2. The number of nitrogens with zero attached hydrogens (tertiary/aromatic N) is 1. The first-order chi connectivity index (χ1) is 9.06. The molecule has 1 aliphatic carbocycles. The Labute approximate surface area is 114 Å². The predicted octanol–water partition coefficient (Wildman–Crippen LogP) is 0.631. The first-order valence-electron chi connectivity index (χ1n) is 7.36. The van der Waals surface area contributed by atoms with Crippen molar-refractivity contribution in [3.63, 3.8) is 0 Å². The highest BCUT2D eigenvalue weighted by Crippen LogP contribution is 2.26. The second-order valence-electron chi connectivity index (χ2n) is 5.94. The van der Waals surface area contributed by atoms with Crippen molar-refractivity contribution in [3.8, 4) is 0 Å². The zero-order valence-corrected chi connectivity index (χ0v) is 11.7. The Morgan fingerprint density at radius 3 is 2.68 bits per heavy atom. The lowest BCUT2D eigenvalue weighted by Gasteiger charge is -2.29. The van der Waals surface area contributed by atoms with Gasteiger partial charge in [-0.25, -0.2) is 0 Å². The molecule has 3 unspecified atom stereocenters. The van der Waals surface area contributed by atoms with Crippen molar-refractivity contribution >= 4 is 11.8 Å². The van der Waals surface area contributed by atoms with Crippen molar-refractivity contribution in [3.05, 3.63) is 0 Å². The third kappa shape index (κ3) is 3.93. The number of amides is 2. The molecule has 19 heavy (non-hydrogen) atoms. The molecule has 2 fully saturated rings. The Kier molecular flexibility index (Phi) is 4.80. The minimum atomic E-state index is -0.0198. The SMILES string of the molecule is CC(=O)NC1CCN(C(=O)CC2CCCCC2N)C1. The lowest BCUT2D eigenvalue weighted by molar-refractivity contribution is -0.131. The van der Waals surface area contributed by atoms with Crippen molar-refractivity contribution < 1.29 is 9.59 Å². The van der Waals surface area contributed by atoms with E-state index in [1.165, 1.54) is 19.8 Å². The van der Waals surface area contributed by atoms with Crippen LogP contribution in [0.3, 0.4) is 0 Å². The van der Waals surface area contributed by atoms with E-state index in [9.17, 15) is 9.59 Å². The summed E-state index contributed by atoms with van der Waals surface area (Å²) in [4.78, 5) is 25.1. The summed E-state index contributed by atoms with van der Waals surface area (Å²) in [6.07, 6.45) is 5.96. The fourth-order valence-electron chi connectivity index (χ4n) is 3.24. The highest BCUT2D eigenvalue weighted by molar-refractivity contribution is 5.77. The molecule has 5 nitrogen and oxygen atoms in total. The molecule has 0 bridgehead atoms. The average Bonchev–Trinajstić information content (AvgIpc) is 2.79. The van der Waals surface area contributed by atoms with E-state index in [0.29, 0.717) is 18.9 Å². The Morgan fingerprint density at radius 2 is 2.00 bits per heavy atom. The van der Waals surface area contributed by atoms with E-state index in [2.05, 4.69) is 5.32 Å². The van der Waals surface area contributed by atoms with Crippen LogP contribution in [0.4, 0.5) is 0 Å². The molecular weight excluding hydrogens is 242 g/mol. The number of carbonyl (C=O) groups excluding carboxylic acids is 2. The van der Waals surface area contributed by atoms with E-state index in [-0.39, 0.29) is 23.9 Å². The standard InChI is InChI=1S/C14H25N3O2/c1-10(18)16-12-6-7-17(9-12)14(19)8-11-4-2-3-5-13(11)15/h11-13H,2-9,15H2,1H3,(H,16,18). The smallest absolute Gasteiger partial charge is 0.222 e. The predicted molar refractivity (Wildman–Crippen MR) is 73.4 cm³/mol. The van der Waals surface area contributed by atoms with Crippen LogP contribution in [-0.4, -0.2) is 41.9 Å². The Hall–Kier alpha value is -1.10. The van der Waals surface area contributed by atoms with Crippen LogP contribution in [0.25, 0.3) is 0 Å². The van der Waals surface area contributed by atoms with Gasteiger partial charge in [0.05, 0.1) is 0 Å². The number of nitrogens with two attached hydrogens (primary N) is 1. The van der Waals surface area contributed by atoms with E-state index in [1.54, 1.807) is 0 Å². The zero-order valence-electron chi connectivity index (χ0n) is 11.7. The molecule has 2 aliphatic rings. The van der Waals surface area contributed by atoms with Gasteiger partial charge in [0.2, 0.25) is 11.8 Å². The maximum atomic E-state index is 12.2. The number of rotatable bonds is 3. The van der Waals surface area contributed by atoms with Gasteiger partial charge in [-0.2, -0.15) is 0 Å². The topological polar surface area (TPSA) is 75.4 Å². The van der Waals surface area contributed by atoms with Crippen LogP contribution >= 0.6 is 0 Å². The first kappa shape index (κ1) is 14.3. The molecule has 0 aromatic heterocycles. The van der Waals surface area contributed by atoms with Gasteiger partial charge in [-0.3, -0.25) is 9.59 Å². The summed E-state index contributed by atoms with van der Waals surface area (Å²) < 4.78 is 0. The highest BCUT2D eigenvalue weighted by Gasteiger charge is 2.30. The number of hydrogen-bond acceptors (Lipinski definition) is 3. The summed E-state index contributed by atoms with van der Waals surface area (Å²) in [5, 5.41) is 2.88. The van der Waals surface area contributed by atoms with Gasteiger partial charge in [0.15, 0.2) is 0 Å². The quantitative estimate of drug-likeness (QED) is 0.787. The second kappa shape index (κ2) is 6.37. The van der Waals surface area contributed by atoms with Crippen LogP contribution in [0.5, 0.6) is 0 Å². The molecule has 0 aromatic carbocycles. The molecule has 2 rings (SSSR count). The molecular formula is C14H25N3O2. The summed E-state index contributed by atoms with van der Waals surface area (Å²) in [6.45, 7) is 2.93. The Morgan fingerprint density at radius 1 is 1.26 bits per heavy atom. The second-order valence-corrected chi connectivity index (χ2v) is 5.94. The van der Waals surface area contributed by atoms with Gasteiger partial charge >= 0.3 is 0 Å². The van der Waals surface area contributed by atoms with Crippen LogP contribution in [0.15, 0.2) is 0 Å². The molecule has 1 aliphatic heterocycles. The Bertz CT molecular complexity index is 346. The van der Waals surface area contributed by atoms with Gasteiger partial charge in [0.25, 0.3) is 0 Å². The number of likely N-dealkylation sites (tertiary alicyclic amines) is 1. The van der Waals surface area contributed by atoms with E-state index in [0.717, 1.165) is 25.8 Å². The van der Waals surface area contributed by atoms with Gasteiger partial charge in [0.1, 0.15) is 0 Å². The summed E-state index contributed by atoms with van der Waals surface area (Å²) in [5.74, 6) is 0.532. The molecule has 3 N–H and O–H groups in total. The fourth-order valence-corrected chi connectivity index (χ4v) is 3.24. The van der Waals surface area contributed by atoms with Crippen molar-refractivity contribution in [2.75, 3.05) is 13.1 Å². The van der Waals surface area contributed by atoms with Crippen molar-refractivity contribution in [1.82, 2.24) is 10.2 Å². The maximum Gasteiger partial charge on any atom is 0.222 e. The summed E-state index contributed by atoms with van der Waals surface area (Å²) >= 11 is 0. The van der Waals surface area contributed by atoms with Crippen LogP contribution in [0.1, 0.15) is 45.4 Å². The largest absolute Gasteiger partial charge is 0.352 e. The number of nitrogens with one attached hydrogen (secondary N) is 1. The molecule has 0 radical (unpaired) electrons. The number of hydrogen-bond donors (Lipinski definition) is 2. The molecule has 2 amide bonds. The molecule has 0 aromatic rings. The van der Waals surface area contributed by atoms with E-state index < -0.39 is 0 Å². The van der Waals surface area contributed by atoms with Crippen LogP contribution in [0, 0.1) is 5.92 Å². The summed E-state index contributed by atoms with van der Waals surface area (Å²) in [6, 6.07) is 0.313. The molecule has 1 saturated heterocycles. The van der Waals surface area contributed by atoms with Gasteiger partial charge in [-0.1, -0.05) is 12.8 Å². The highest BCUT2D eigenvalue weighted by atomic mass is 16.2. The van der Waals surface area contributed by atoms with E-state index in [4.69, 9.17) is 5.73 Å². The van der Waals surface area contributed by atoms with Gasteiger partial charge in [0, 0.05) is 38.5 Å². The molecule has 5 heteroatoms. The van der Waals surface area contributed by atoms with Gasteiger partial charge in [-0.05, 0) is 25.2 Å². The van der Waals surface area contributed by atoms with Gasteiger partial charge < -0.3 is 16.0 Å². The maximum absolute atomic E-state index is 12.2.